The molecule has 1 atom stereocenters. The fraction of sp³-hybridized carbons (Fsp3) is 0.909. The van der Waals surface area contributed by atoms with Crippen LogP contribution in [0.2, 0.25) is 0 Å². The number of primary amides is 1. The zero-order valence-electron chi connectivity index (χ0n) is 9.93. The fourth-order valence-corrected chi connectivity index (χ4v) is 2.55. The molecule has 4 nitrogen and oxygen atoms in total. The van der Waals surface area contributed by atoms with Crippen molar-refractivity contribution in [3.63, 3.8) is 0 Å². The van der Waals surface area contributed by atoms with Gasteiger partial charge in [-0.3, -0.25) is 4.79 Å². The number of carbonyl (C=O) groups is 1. The van der Waals surface area contributed by atoms with E-state index in [1.54, 1.807) is 0 Å². The van der Waals surface area contributed by atoms with Gasteiger partial charge in [-0.1, -0.05) is 6.92 Å². The molecule has 3 N–H and O–H groups in total. The molecule has 0 aromatic carbocycles. The van der Waals surface area contributed by atoms with Gasteiger partial charge in [0.15, 0.2) is 0 Å². The summed E-state index contributed by atoms with van der Waals surface area (Å²) in [4.78, 5) is 11.1. The highest BCUT2D eigenvalue weighted by Gasteiger charge is 2.41. The molecule has 0 saturated carbocycles. The minimum Gasteiger partial charge on any atom is -0.375 e. The molecule has 1 aliphatic heterocycles. The lowest BCUT2D eigenvalue weighted by atomic mass is 9.78. The first-order valence-corrected chi connectivity index (χ1v) is 5.56. The van der Waals surface area contributed by atoms with Crippen LogP contribution in [0.25, 0.3) is 0 Å². The number of hydrogen-bond donors (Lipinski definition) is 2. The second-order valence-corrected chi connectivity index (χ2v) is 4.99. The van der Waals surface area contributed by atoms with Gasteiger partial charge in [0.1, 0.15) is 0 Å². The first-order valence-electron chi connectivity index (χ1n) is 5.56. The second kappa shape index (κ2) is 4.49. The van der Waals surface area contributed by atoms with Gasteiger partial charge in [-0.15, -0.1) is 0 Å². The van der Waals surface area contributed by atoms with Gasteiger partial charge in [0.05, 0.1) is 5.60 Å². The molecule has 4 heteroatoms. The zero-order valence-corrected chi connectivity index (χ0v) is 9.93. The van der Waals surface area contributed by atoms with E-state index in [2.05, 4.69) is 19.2 Å². The predicted octanol–water partition coefficient (Wildman–Crippen LogP) is 0.799. The monoisotopic (exact) mass is 214 g/mol. The number of nitrogens with two attached hydrogens (primary N) is 1. The number of rotatable bonds is 4. The maximum atomic E-state index is 11.1. The average Bonchev–Trinajstić information content (AvgIpc) is 1.99. The first kappa shape index (κ1) is 12.5. The van der Waals surface area contributed by atoms with E-state index in [-0.39, 0.29) is 17.0 Å². The first-order chi connectivity index (χ1) is 6.89. The molecule has 88 valence electrons. The Kier molecular flexibility index (Phi) is 3.73. The van der Waals surface area contributed by atoms with Gasteiger partial charge < -0.3 is 15.8 Å². The second-order valence-electron chi connectivity index (χ2n) is 4.99. The van der Waals surface area contributed by atoms with Crippen molar-refractivity contribution in [2.24, 2.45) is 5.73 Å². The van der Waals surface area contributed by atoms with Crippen LogP contribution in [0.15, 0.2) is 0 Å². The lowest BCUT2D eigenvalue weighted by molar-refractivity contribution is -0.124. The molecule has 1 aliphatic rings. The molecule has 1 fully saturated rings. The standard InChI is InChI=1S/C11H22N2O2/c1-4-13-11(7-9(12)14)5-6-15-10(2,3)8-11/h13H,4-8H2,1-3H3,(H2,12,14). The van der Waals surface area contributed by atoms with Crippen molar-refractivity contribution < 1.29 is 9.53 Å². The van der Waals surface area contributed by atoms with E-state index in [0.29, 0.717) is 13.0 Å². The SMILES string of the molecule is CCNC1(CC(N)=O)CCOC(C)(C)C1. The Morgan fingerprint density at radius 2 is 2.20 bits per heavy atom. The topological polar surface area (TPSA) is 64.3 Å². The normalized spacial score (nSPS) is 30.1. The van der Waals surface area contributed by atoms with Gasteiger partial charge in [0.2, 0.25) is 5.91 Å². The van der Waals surface area contributed by atoms with Crippen molar-refractivity contribution in [2.75, 3.05) is 13.2 Å². The highest BCUT2D eigenvalue weighted by Crippen LogP contribution is 2.34. The molecule has 0 bridgehead atoms. The van der Waals surface area contributed by atoms with Crippen LogP contribution >= 0.6 is 0 Å². The summed E-state index contributed by atoms with van der Waals surface area (Å²) in [5.74, 6) is -0.242. The molecule has 0 spiro atoms. The molecule has 15 heavy (non-hydrogen) atoms. The van der Waals surface area contributed by atoms with Crippen LogP contribution in [-0.2, 0) is 9.53 Å². The summed E-state index contributed by atoms with van der Waals surface area (Å²) in [6.45, 7) is 7.69. The zero-order chi connectivity index (χ0) is 11.5. The van der Waals surface area contributed by atoms with Gasteiger partial charge in [-0.25, -0.2) is 0 Å². The van der Waals surface area contributed by atoms with E-state index in [0.717, 1.165) is 19.4 Å². The number of ether oxygens (including phenoxy) is 1. The molecule has 0 aliphatic carbocycles. The molecule has 1 heterocycles. The highest BCUT2D eigenvalue weighted by atomic mass is 16.5. The summed E-state index contributed by atoms with van der Waals surface area (Å²) in [6.07, 6.45) is 2.08. The molecule has 0 aromatic heterocycles. The van der Waals surface area contributed by atoms with Crippen LogP contribution in [-0.4, -0.2) is 30.2 Å². The van der Waals surface area contributed by atoms with Gasteiger partial charge in [-0.2, -0.15) is 0 Å². The van der Waals surface area contributed by atoms with E-state index in [9.17, 15) is 4.79 Å². The predicted molar refractivity (Wildman–Crippen MR) is 59.5 cm³/mol. The minimum atomic E-state index is -0.242. The Labute approximate surface area is 91.5 Å². The summed E-state index contributed by atoms with van der Waals surface area (Å²) in [6, 6.07) is 0. The lowest BCUT2D eigenvalue weighted by Gasteiger charge is -2.45. The van der Waals surface area contributed by atoms with Crippen LogP contribution in [0, 0.1) is 0 Å². The highest BCUT2D eigenvalue weighted by molar-refractivity contribution is 5.75. The Bertz CT molecular complexity index is 237. The Morgan fingerprint density at radius 1 is 1.53 bits per heavy atom. The molecule has 1 rings (SSSR count). The molecule has 1 saturated heterocycles. The minimum absolute atomic E-state index is 0.164. The number of amides is 1. The number of nitrogens with one attached hydrogen (secondary N) is 1. The van der Waals surface area contributed by atoms with Crippen molar-refractivity contribution in [1.29, 1.82) is 0 Å². The lowest BCUT2D eigenvalue weighted by Crippen LogP contribution is -2.56. The Hall–Kier alpha value is -0.610. The summed E-state index contributed by atoms with van der Waals surface area (Å²) < 4.78 is 5.66. The Morgan fingerprint density at radius 3 is 2.67 bits per heavy atom. The Balaban J connectivity index is 2.75. The van der Waals surface area contributed by atoms with Crippen molar-refractivity contribution in [2.45, 2.75) is 51.2 Å². The average molecular weight is 214 g/mol. The van der Waals surface area contributed by atoms with Crippen molar-refractivity contribution in [1.82, 2.24) is 5.32 Å². The van der Waals surface area contributed by atoms with Gasteiger partial charge in [-0.05, 0) is 33.2 Å². The smallest absolute Gasteiger partial charge is 0.219 e. The largest absolute Gasteiger partial charge is 0.375 e. The van der Waals surface area contributed by atoms with E-state index in [1.165, 1.54) is 0 Å². The maximum absolute atomic E-state index is 11.1. The molecular weight excluding hydrogens is 192 g/mol. The molecule has 1 unspecified atom stereocenters. The molecule has 0 radical (unpaired) electrons. The summed E-state index contributed by atoms with van der Waals surface area (Å²) in [5.41, 5.74) is 4.97. The van der Waals surface area contributed by atoms with Crippen molar-refractivity contribution >= 4 is 5.91 Å². The third kappa shape index (κ3) is 3.47. The van der Waals surface area contributed by atoms with Gasteiger partial charge in [0, 0.05) is 18.6 Å². The van der Waals surface area contributed by atoms with Crippen molar-refractivity contribution in [3.8, 4) is 0 Å². The number of hydrogen-bond acceptors (Lipinski definition) is 3. The summed E-state index contributed by atoms with van der Waals surface area (Å²) >= 11 is 0. The third-order valence-corrected chi connectivity index (χ3v) is 2.90. The van der Waals surface area contributed by atoms with E-state index < -0.39 is 0 Å². The van der Waals surface area contributed by atoms with E-state index >= 15 is 0 Å². The quantitative estimate of drug-likeness (QED) is 0.727. The van der Waals surface area contributed by atoms with Gasteiger partial charge >= 0.3 is 0 Å². The molecule has 1 amide bonds. The van der Waals surface area contributed by atoms with Crippen LogP contribution in [0.5, 0.6) is 0 Å². The van der Waals surface area contributed by atoms with Gasteiger partial charge in [0.25, 0.3) is 0 Å². The van der Waals surface area contributed by atoms with Crippen LogP contribution in [0.1, 0.15) is 40.0 Å². The maximum Gasteiger partial charge on any atom is 0.219 e. The van der Waals surface area contributed by atoms with Crippen LogP contribution in [0.4, 0.5) is 0 Å². The molecular formula is C11H22N2O2. The van der Waals surface area contributed by atoms with Crippen LogP contribution < -0.4 is 11.1 Å². The number of carbonyl (C=O) groups excluding carboxylic acids is 1. The van der Waals surface area contributed by atoms with Crippen LogP contribution in [0.3, 0.4) is 0 Å². The van der Waals surface area contributed by atoms with E-state index in [1.807, 2.05) is 6.92 Å². The third-order valence-electron chi connectivity index (χ3n) is 2.90. The fourth-order valence-electron chi connectivity index (χ4n) is 2.55. The van der Waals surface area contributed by atoms with Crippen molar-refractivity contribution in [3.05, 3.63) is 0 Å². The molecule has 0 aromatic rings. The summed E-state index contributed by atoms with van der Waals surface area (Å²) in [5, 5.41) is 3.40. The van der Waals surface area contributed by atoms with E-state index in [4.69, 9.17) is 10.5 Å². The summed E-state index contributed by atoms with van der Waals surface area (Å²) in [7, 11) is 0.